The highest BCUT2D eigenvalue weighted by Gasteiger charge is 2.36. The van der Waals surface area contributed by atoms with E-state index in [1.165, 1.54) is 11.1 Å². The maximum Gasteiger partial charge on any atom is 0.219 e. The van der Waals surface area contributed by atoms with Gasteiger partial charge in [0, 0.05) is 32.1 Å². The molecule has 3 nitrogen and oxygen atoms in total. The van der Waals surface area contributed by atoms with Crippen LogP contribution in [0.1, 0.15) is 64.6 Å². The minimum Gasteiger partial charge on any atom is -0.340 e. The second kappa shape index (κ2) is 6.41. The Morgan fingerprint density at radius 1 is 1.18 bits per heavy atom. The van der Waals surface area contributed by atoms with Gasteiger partial charge in [-0.25, -0.2) is 0 Å². The Morgan fingerprint density at radius 3 is 2.36 bits per heavy atom. The van der Waals surface area contributed by atoms with E-state index in [9.17, 15) is 4.79 Å². The van der Waals surface area contributed by atoms with Gasteiger partial charge >= 0.3 is 0 Å². The molecule has 1 atom stereocenters. The highest BCUT2D eigenvalue weighted by Crippen LogP contribution is 2.35. The van der Waals surface area contributed by atoms with Crippen LogP contribution in [0.25, 0.3) is 0 Å². The van der Waals surface area contributed by atoms with Gasteiger partial charge in [-0.3, -0.25) is 9.69 Å². The van der Waals surface area contributed by atoms with Crippen molar-refractivity contribution in [1.82, 2.24) is 9.80 Å². The van der Waals surface area contributed by atoms with Crippen molar-refractivity contribution in [2.75, 3.05) is 19.6 Å². The molecule has 1 amide bonds. The number of hydrogen-bond acceptors (Lipinski definition) is 2. The number of nitrogens with zero attached hydrogens (tertiary/aromatic N) is 2. The standard InChI is InChI=1S/C19H30N2O/c1-14(2)16-9-7-8-10-17(16)18-13-20(15(3)22)11-12-21(18)19(4,5)6/h7-10,14,18H,11-13H2,1-6H3. The third kappa shape index (κ3) is 3.52. The van der Waals surface area contributed by atoms with Gasteiger partial charge in [0.05, 0.1) is 6.04 Å². The lowest BCUT2D eigenvalue weighted by Crippen LogP contribution is -2.56. The van der Waals surface area contributed by atoms with E-state index in [-0.39, 0.29) is 17.5 Å². The van der Waals surface area contributed by atoms with Gasteiger partial charge in [0.1, 0.15) is 0 Å². The topological polar surface area (TPSA) is 23.6 Å². The molecule has 0 N–H and O–H groups in total. The van der Waals surface area contributed by atoms with Crippen LogP contribution in [0.5, 0.6) is 0 Å². The lowest BCUT2D eigenvalue weighted by molar-refractivity contribution is -0.133. The lowest BCUT2D eigenvalue weighted by Gasteiger charge is -2.48. The lowest BCUT2D eigenvalue weighted by atomic mass is 9.88. The van der Waals surface area contributed by atoms with Crippen molar-refractivity contribution in [2.45, 2.75) is 59.0 Å². The van der Waals surface area contributed by atoms with Gasteiger partial charge in [-0.05, 0) is 37.8 Å². The van der Waals surface area contributed by atoms with E-state index in [2.05, 4.69) is 63.8 Å². The first-order valence-corrected chi connectivity index (χ1v) is 8.33. The Morgan fingerprint density at radius 2 is 1.82 bits per heavy atom. The highest BCUT2D eigenvalue weighted by atomic mass is 16.2. The summed E-state index contributed by atoms with van der Waals surface area (Å²) in [6, 6.07) is 8.98. The third-order valence-corrected chi connectivity index (χ3v) is 4.66. The number of rotatable bonds is 2. The van der Waals surface area contributed by atoms with Gasteiger partial charge in [-0.15, -0.1) is 0 Å². The van der Waals surface area contributed by atoms with Crippen LogP contribution in [0.4, 0.5) is 0 Å². The van der Waals surface area contributed by atoms with Crippen LogP contribution >= 0.6 is 0 Å². The van der Waals surface area contributed by atoms with E-state index < -0.39 is 0 Å². The average Bonchev–Trinajstić information content (AvgIpc) is 2.45. The number of piperazine rings is 1. The molecule has 1 aromatic carbocycles. The van der Waals surface area contributed by atoms with E-state index in [0.717, 1.165) is 19.6 Å². The smallest absolute Gasteiger partial charge is 0.219 e. The molecule has 122 valence electrons. The summed E-state index contributed by atoms with van der Waals surface area (Å²) in [7, 11) is 0. The van der Waals surface area contributed by atoms with Crippen molar-refractivity contribution in [1.29, 1.82) is 0 Å². The van der Waals surface area contributed by atoms with Gasteiger partial charge in [0.25, 0.3) is 0 Å². The molecule has 0 spiro atoms. The average molecular weight is 302 g/mol. The minimum atomic E-state index is 0.0949. The maximum atomic E-state index is 11.9. The monoisotopic (exact) mass is 302 g/mol. The van der Waals surface area contributed by atoms with Crippen LogP contribution in [0, 0.1) is 0 Å². The van der Waals surface area contributed by atoms with Gasteiger partial charge in [-0.1, -0.05) is 38.1 Å². The Labute approximate surface area is 135 Å². The Balaban J connectivity index is 2.43. The van der Waals surface area contributed by atoms with Crippen molar-refractivity contribution in [3.05, 3.63) is 35.4 Å². The summed E-state index contributed by atoms with van der Waals surface area (Å²) in [4.78, 5) is 16.4. The van der Waals surface area contributed by atoms with E-state index in [1.54, 1.807) is 6.92 Å². The number of amides is 1. The zero-order valence-corrected chi connectivity index (χ0v) is 14.9. The summed E-state index contributed by atoms with van der Waals surface area (Å²) in [5.74, 6) is 0.673. The fourth-order valence-corrected chi connectivity index (χ4v) is 3.48. The van der Waals surface area contributed by atoms with E-state index >= 15 is 0 Å². The molecule has 1 heterocycles. The van der Waals surface area contributed by atoms with Gasteiger partial charge < -0.3 is 4.90 Å². The molecule has 1 saturated heterocycles. The Kier molecular flexibility index (Phi) is 4.96. The summed E-state index contributed by atoms with van der Waals surface area (Å²) in [5, 5.41) is 0. The van der Waals surface area contributed by atoms with Crippen molar-refractivity contribution < 1.29 is 4.79 Å². The fourth-order valence-electron chi connectivity index (χ4n) is 3.48. The molecule has 1 aliphatic heterocycles. The van der Waals surface area contributed by atoms with E-state index in [0.29, 0.717) is 5.92 Å². The zero-order chi connectivity index (χ0) is 16.5. The number of benzene rings is 1. The van der Waals surface area contributed by atoms with Gasteiger partial charge in [0.15, 0.2) is 0 Å². The normalized spacial score (nSPS) is 20.5. The Bertz CT molecular complexity index is 530. The van der Waals surface area contributed by atoms with E-state index in [4.69, 9.17) is 0 Å². The molecule has 0 bridgehead atoms. The molecule has 0 aliphatic carbocycles. The molecule has 0 saturated carbocycles. The molecule has 2 rings (SSSR count). The predicted molar refractivity (Wildman–Crippen MR) is 92.0 cm³/mol. The summed E-state index contributed by atoms with van der Waals surface area (Å²) in [6.07, 6.45) is 0. The summed E-state index contributed by atoms with van der Waals surface area (Å²) < 4.78 is 0. The SMILES string of the molecule is CC(=O)N1CCN(C(C)(C)C)C(c2ccccc2C(C)C)C1. The highest BCUT2D eigenvalue weighted by molar-refractivity contribution is 5.73. The van der Waals surface area contributed by atoms with Crippen LogP contribution in [0.2, 0.25) is 0 Å². The minimum absolute atomic E-state index is 0.0949. The second-order valence-corrected chi connectivity index (χ2v) is 7.63. The van der Waals surface area contributed by atoms with Crippen LogP contribution in [0.15, 0.2) is 24.3 Å². The number of hydrogen-bond donors (Lipinski definition) is 0. The van der Waals surface area contributed by atoms with Crippen molar-refractivity contribution in [2.24, 2.45) is 0 Å². The first-order chi connectivity index (χ1) is 10.2. The number of carbonyl (C=O) groups excluding carboxylic acids is 1. The fraction of sp³-hybridized carbons (Fsp3) is 0.632. The molecule has 0 radical (unpaired) electrons. The molecule has 22 heavy (non-hydrogen) atoms. The Hall–Kier alpha value is -1.35. The van der Waals surface area contributed by atoms with Crippen LogP contribution in [0.3, 0.4) is 0 Å². The quantitative estimate of drug-likeness (QED) is 0.829. The van der Waals surface area contributed by atoms with E-state index in [1.807, 2.05) is 4.90 Å². The first kappa shape index (κ1) is 17.0. The van der Waals surface area contributed by atoms with Crippen LogP contribution in [-0.2, 0) is 4.79 Å². The molecule has 1 fully saturated rings. The van der Waals surface area contributed by atoms with Crippen molar-refractivity contribution >= 4 is 5.91 Å². The summed E-state index contributed by atoms with van der Waals surface area (Å²) >= 11 is 0. The molecular formula is C19H30N2O. The number of carbonyl (C=O) groups is 1. The molecule has 1 aliphatic rings. The maximum absolute atomic E-state index is 11.9. The molecule has 0 aromatic heterocycles. The summed E-state index contributed by atoms with van der Waals surface area (Å²) in [6.45, 7) is 15.5. The molecular weight excluding hydrogens is 272 g/mol. The third-order valence-electron chi connectivity index (χ3n) is 4.66. The van der Waals surface area contributed by atoms with Gasteiger partial charge in [-0.2, -0.15) is 0 Å². The van der Waals surface area contributed by atoms with Crippen LogP contribution < -0.4 is 0 Å². The molecule has 1 aromatic rings. The second-order valence-electron chi connectivity index (χ2n) is 7.63. The first-order valence-electron chi connectivity index (χ1n) is 8.33. The predicted octanol–water partition coefficient (Wildman–Crippen LogP) is 3.81. The van der Waals surface area contributed by atoms with Crippen LogP contribution in [-0.4, -0.2) is 40.9 Å². The largest absolute Gasteiger partial charge is 0.340 e. The van der Waals surface area contributed by atoms with Gasteiger partial charge in [0.2, 0.25) is 5.91 Å². The van der Waals surface area contributed by atoms with Crippen molar-refractivity contribution in [3.8, 4) is 0 Å². The molecule has 1 unspecified atom stereocenters. The zero-order valence-electron chi connectivity index (χ0n) is 14.9. The summed E-state index contributed by atoms with van der Waals surface area (Å²) in [5.41, 5.74) is 2.86. The van der Waals surface area contributed by atoms with Crippen molar-refractivity contribution in [3.63, 3.8) is 0 Å². The molecule has 3 heteroatoms.